The van der Waals surface area contributed by atoms with E-state index in [0.29, 0.717) is 60.4 Å². The third-order valence-corrected chi connectivity index (χ3v) is 6.30. The SMILES string of the molecule is O=C(c1ccc(Cl)cc1)N1CCN([C@@H]2CN(C(=O)c3ccc(Cl)cc3)CC2O)CC1. The minimum Gasteiger partial charge on any atom is -0.390 e. The topological polar surface area (TPSA) is 64.1 Å². The number of carbonyl (C=O) groups is 2. The largest absolute Gasteiger partial charge is 0.390 e. The van der Waals surface area contributed by atoms with Gasteiger partial charge in [-0.05, 0) is 48.5 Å². The molecule has 0 aliphatic carbocycles. The van der Waals surface area contributed by atoms with Crippen molar-refractivity contribution in [2.75, 3.05) is 39.3 Å². The van der Waals surface area contributed by atoms with Crippen molar-refractivity contribution in [1.29, 1.82) is 0 Å². The van der Waals surface area contributed by atoms with E-state index in [9.17, 15) is 14.7 Å². The molecule has 2 fully saturated rings. The highest BCUT2D eigenvalue weighted by Gasteiger charge is 2.39. The predicted octanol–water partition coefficient (Wildman–Crippen LogP) is 2.64. The zero-order valence-corrected chi connectivity index (χ0v) is 17.9. The summed E-state index contributed by atoms with van der Waals surface area (Å²) < 4.78 is 0. The molecule has 2 aliphatic heterocycles. The Labute approximate surface area is 185 Å². The molecule has 0 radical (unpaired) electrons. The lowest BCUT2D eigenvalue weighted by Gasteiger charge is -2.38. The van der Waals surface area contributed by atoms with Gasteiger partial charge in [0.2, 0.25) is 0 Å². The van der Waals surface area contributed by atoms with Crippen molar-refractivity contribution in [2.45, 2.75) is 12.1 Å². The van der Waals surface area contributed by atoms with E-state index in [1.165, 1.54) is 0 Å². The predicted molar refractivity (Wildman–Crippen MR) is 116 cm³/mol. The van der Waals surface area contributed by atoms with Crippen LogP contribution < -0.4 is 0 Å². The van der Waals surface area contributed by atoms with Crippen molar-refractivity contribution >= 4 is 35.0 Å². The second-order valence-electron chi connectivity index (χ2n) is 7.69. The summed E-state index contributed by atoms with van der Waals surface area (Å²) in [6, 6.07) is 13.5. The third kappa shape index (κ3) is 4.47. The van der Waals surface area contributed by atoms with Gasteiger partial charge in [-0.3, -0.25) is 14.5 Å². The number of benzene rings is 2. The number of amides is 2. The van der Waals surface area contributed by atoms with Gasteiger partial charge in [0.25, 0.3) is 11.8 Å². The number of β-amino-alcohol motifs (C(OH)–C–C–N with tert-alkyl or cyclic N) is 1. The highest BCUT2D eigenvalue weighted by Crippen LogP contribution is 2.22. The van der Waals surface area contributed by atoms with Gasteiger partial charge in [0.15, 0.2) is 0 Å². The van der Waals surface area contributed by atoms with Crippen LogP contribution in [0.1, 0.15) is 20.7 Å². The molecule has 0 bridgehead atoms. The molecule has 0 saturated carbocycles. The fourth-order valence-electron chi connectivity index (χ4n) is 4.10. The number of piperazine rings is 1. The lowest BCUT2D eigenvalue weighted by molar-refractivity contribution is 0.0376. The molecule has 2 aromatic rings. The second kappa shape index (κ2) is 8.94. The molecule has 0 aromatic heterocycles. The molecule has 4 rings (SSSR count). The van der Waals surface area contributed by atoms with Gasteiger partial charge in [-0.2, -0.15) is 0 Å². The Morgan fingerprint density at radius 2 is 1.20 bits per heavy atom. The number of hydrogen-bond acceptors (Lipinski definition) is 4. The Kier molecular flexibility index (Phi) is 6.29. The Morgan fingerprint density at radius 3 is 1.70 bits per heavy atom. The van der Waals surface area contributed by atoms with E-state index in [1.54, 1.807) is 53.4 Å². The zero-order chi connectivity index (χ0) is 21.3. The Hall–Kier alpha value is -2.12. The van der Waals surface area contributed by atoms with Crippen molar-refractivity contribution in [1.82, 2.24) is 14.7 Å². The molecule has 2 amide bonds. The number of rotatable bonds is 3. The minimum absolute atomic E-state index is 0.0159. The van der Waals surface area contributed by atoms with Crippen LogP contribution in [0, 0.1) is 0 Å². The van der Waals surface area contributed by atoms with Crippen molar-refractivity contribution < 1.29 is 14.7 Å². The standard InChI is InChI=1S/C22H23Cl2N3O3/c23-17-5-1-15(2-6-17)21(29)26-11-9-25(10-12-26)19-13-27(14-20(19)28)22(30)16-3-7-18(24)8-4-16/h1-8,19-20,28H,9-14H2/t19-,20?/m1/s1. The van der Waals surface area contributed by atoms with Crippen LogP contribution in [0.25, 0.3) is 0 Å². The van der Waals surface area contributed by atoms with Gasteiger partial charge < -0.3 is 14.9 Å². The number of carbonyl (C=O) groups excluding carboxylic acids is 2. The summed E-state index contributed by atoms with van der Waals surface area (Å²) in [6.45, 7) is 3.24. The van der Waals surface area contributed by atoms with E-state index in [2.05, 4.69) is 4.90 Å². The maximum Gasteiger partial charge on any atom is 0.253 e. The summed E-state index contributed by atoms with van der Waals surface area (Å²) >= 11 is 11.8. The van der Waals surface area contributed by atoms with E-state index in [4.69, 9.17) is 23.2 Å². The Morgan fingerprint density at radius 1 is 0.733 bits per heavy atom. The molecule has 0 spiro atoms. The highest BCUT2D eigenvalue weighted by atomic mass is 35.5. The molecule has 30 heavy (non-hydrogen) atoms. The van der Waals surface area contributed by atoms with Crippen molar-refractivity contribution in [3.63, 3.8) is 0 Å². The molecule has 2 atom stereocenters. The molecular weight excluding hydrogens is 425 g/mol. The Balaban J connectivity index is 1.34. The quantitative estimate of drug-likeness (QED) is 0.785. The van der Waals surface area contributed by atoms with E-state index < -0.39 is 6.10 Å². The van der Waals surface area contributed by atoms with Crippen molar-refractivity contribution in [2.24, 2.45) is 0 Å². The molecule has 2 heterocycles. The minimum atomic E-state index is -0.611. The van der Waals surface area contributed by atoms with Gasteiger partial charge in [-0.1, -0.05) is 23.2 Å². The molecule has 1 unspecified atom stereocenters. The number of halogens is 2. The molecule has 8 heteroatoms. The van der Waals surface area contributed by atoms with Crippen LogP contribution in [0.3, 0.4) is 0 Å². The molecule has 1 N–H and O–H groups in total. The number of nitrogens with zero attached hydrogens (tertiary/aromatic N) is 3. The molecule has 2 aliphatic rings. The zero-order valence-electron chi connectivity index (χ0n) is 16.4. The van der Waals surface area contributed by atoms with Crippen LogP contribution in [-0.2, 0) is 0 Å². The smallest absolute Gasteiger partial charge is 0.253 e. The van der Waals surface area contributed by atoms with Gasteiger partial charge in [-0.25, -0.2) is 0 Å². The van der Waals surface area contributed by atoms with Gasteiger partial charge in [0.1, 0.15) is 0 Å². The Bertz CT molecular complexity index is 912. The molecule has 6 nitrogen and oxygen atoms in total. The van der Waals surface area contributed by atoms with Gasteiger partial charge in [-0.15, -0.1) is 0 Å². The lowest BCUT2D eigenvalue weighted by atomic mass is 10.1. The fraction of sp³-hybridized carbons (Fsp3) is 0.364. The molecule has 158 valence electrons. The van der Waals surface area contributed by atoms with Crippen LogP contribution >= 0.6 is 23.2 Å². The van der Waals surface area contributed by atoms with Crippen LogP contribution in [0.5, 0.6) is 0 Å². The average Bonchev–Trinajstić information content (AvgIpc) is 3.15. The average molecular weight is 448 g/mol. The van der Waals surface area contributed by atoms with Gasteiger partial charge in [0, 0.05) is 60.4 Å². The molecule has 2 saturated heterocycles. The number of hydrogen-bond donors (Lipinski definition) is 1. The third-order valence-electron chi connectivity index (χ3n) is 5.80. The van der Waals surface area contributed by atoms with E-state index in [1.807, 2.05) is 4.90 Å². The highest BCUT2D eigenvalue weighted by molar-refractivity contribution is 6.31. The van der Waals surface area contributed by atoms with E-state index in [-0.39, 0.29) is 17.9 Å². The van der Waals surface area contributed by atoms with E-state index in [0.717, 1.165) is 0 Å². The van der Waals surface area contributed by atoms with Crippen LogP contribution in [0.4, 0.5) is 0 Å². The summed E-state index contributed by atoms with van der Waals surface area (Å²) in [4.78, 5) is 31.1. The summed E-state index contributed by atoms with van der Waals surface area (Å²) in [7, 11) is 0. The number of aliphatic hydroxyl groups is 1. The first-order chi connectivity index (χ1) is 14.4. The normalized spacial score (nSPS) is 22.4. The van der Waals surface area contributed by atoms with Crippen molar-refractivity contribution in [3.8, 4) is 0 Å². The summed E-state index contributed by atoms with van der Waals surface area (Å²) in [5, 5.41) is 11.8. The van der Waals surface area contributed by atoms with Crippen LogP contribution in [0.15, 0.2) is 48.5 Å². The first kappa shape index (κ1) is 21.1. The first-order valence-electron chi connectivity index (χ1n) is 9.94. The second-order valence-corrected chi connectivity index (χ2v) is 8.56. The summed E-state index contributed by atoms with van der Waals surface area (Å²) in [5.74, 6) is -0.123. The summed E-state index contributed by atoms with van der Waals surface area (Å²) in [5.41, 5.74) is 1.18. The monoisotopic (exact) mass is 447 g/mol. The summed E-state index contributed by atoms with van der Waals surface area (Å²) in [6.07, 6.45) is -0.611. The molecular formula is C22H23Cl2N3O3. The van der Waals surface area contributed by atoms with Crippen LogP contribution in [0.2, 0.25) is 10.0 Å². The van der Waals surface area contributed by atoms with Crippen molar-refractivity contribution in [3.05, 3.63) is 69.7 Å². The van der Waals surface area contributed by atoms with Gasteiger partial charge >= 0.3 is 0 Å². The number of aliphatic hydroxyl groups excluding tert-OH is 1. The molecule has 2 aromatic carbocycles. The van der Waals surface area contributed by atoms with Crippen LogP contribution in [-0.4, -0.2) is 83.0 Å². The number of likely N-dealkylation sites (tertiary alicyclic amines) is 1. The van der Waals surface area contributed by atoms with Gasteiger partial charge in [0.05, 0.1) is 12.1 Å². The fourth-order valence-corrected chi connectivity index (χ4v) is 4.35. The lowest BCUT2D eigenvalue weighted by Crippen LogP contribution is -2.54. The maximum atomic E-state index is 12.7. The first-order valence-corrected chi connectivity index (χ1v) is 10.7. The maximum absolute atomic E-state index is 12.7. The van der Waals surface area contributed by atoms with E-state index >= 15 is 0 Å².